The number of carboxylic acids is 1. The third kappa shape index (κ3) is 3.82. The van der Waals surface area contributed by atoms with Crippen LogP contribution in [0.4, 0.5) is 0 Å². The number of rotatable bonds is 4. The number of carbonyl (C=O) groups is 1. The number of hydrogen-bond acceptors (Lipinski definition) is 2. The lowest BCUT2D eigenvalue weighted by molar-refractivity contribution is -0.138. The van der Waals surface area contributed by atoms with Gasteiger partial charge in [-0.3, -0.25) is 4.79 Å². The molecule has 3 atom stereocenters. The molecule has 0 radical (unpaired) electrons. The van der Waals surface area contributed by atoms with Gasteiger partial charge in [-0.2, -0.15) is 0 Å². The molecule has 3 unspecified atom stereocenters. The van der Waals surface area contributed by atoms with Crippen molar-refractivity contribution in [1.82, 2.24) is 4.90 Å². The molecule has 1 aliphatic carbocycles. The third-order valence-electron chi connectivity index (χ3n) is 3.65. The summed E-state index contributed by atoms with van der Waals surface area (Å²) in [4.78, 5) is 12.9. The van der Waals surface area contributed by atoms with Crippen molar-refractivity contribution in [3.8, 4) is 0 Å². The van der Waals surface area contributed by atoms with E-state index in [1.165, 1.54) is 25.7 Å². The molecule has 0 heterocycles. The first-order valence-electron chi connectivity index (χ1n) is 5.94. The molecule has 0 bridgehead atoms. The second-order valence-corrected chi connectivity index (χ2v) is 5.04. The van der Waals surface area contributed by atoms with E-state index >= 15 is 0 Å². The van der Waals surface area contributed by atoms with Gasteiger partial charge in [0.25, 0.3) is 0 Å². The molecule has 88 valence electrons. The van der Waals surface area contributed by atoms with Gasteiger partial charge in [0.15, 0.2) is 0 Å². The molecule has 15 heavy (non-hydrogen) atoms. The summed E-state index contributed by atoms with van der Waals surface area (Å²) in [5.74, 6) is 0.0986. The lowest BCUT2D eigenvalue weighted by Gasteiger charge is -2.37. The summed E-state index contributed by atoms with van der Waals surface area (Å²) >= 11 is 0. The molecule has 0 aliphatic heterocycles. The van der Waals surface area contributed by atoms with E-state index in [0.29, 0.717) is 6.04 Å². The molecule has 0 aromatic rings. The maximum absolute atomic E-state index is 10.6. The van der Waals surface area contributed by atoms with E-state index in [9.17, 15) is 4.79 Å². The smallest absolute Gasteiger partial charge is 0.304 e. The molecule has 1 fully saturated rings. The monoisotopic (exact) mass is 213 g/mol. The Balaban J connectivity index is 2.43. The van der Waals surface area contributed by atoms with E-state index < -0.39 is 5.97 Å². The first-order chi connectivity index (χ1) is 7.00. The Hall–Kier alpha value is -0.570. The first-order valence-corrected chi connectivity index (χ1v) is 5.94. The first kappa shape index (κ1) is 12.5. The van der Waals surface area contributed by atoms with E-state index in [0.717, 1.165) is 5.92 Å². The van der Waals surface area contributed by atoms with Crippen LogP contribution in [0.5, 0.6) is 0 Å². The van der Waals surface area contributed by atoms with Crippen molar-refractivity contribution in [3.05, 3.63) is 0 Å². The minimum Gasteiger partial charge on any atom is -0.481 e. The summed E-state index contributed by atoms with van der Waals surface area (Å²) in [5, 5.41) is 8.76. The molecule has 1 aliphatic rings. The molecule has 0 aromatic heterocycles. The molecule has 0 aromatic carbocycles. The number of carboxylic acid groups (broad SMARTS) is 1. The largest absolute Gasteiger partial charge is 0.481 e. The van der Waals surface area contributed by atoms with Crippen LogP contribution in [0.1, 0.15) is 46.0 Å². The van der Waals surface area contributed by atoms with Gasteiger partial charge in [0, 0.05) is 12.1 Å². The molecule has 0 amide bonds. The van der Waals surface area contributed by atoms with Crippen LogP contribution in [0, 0.1) is 5.92 Å². The van der Waals surface area contributed by atoms with Gasteiger partial charge >= 0.3 is 5.97 Å². The number of aliphatic carboxylic acids is 1. The zero-order valence-corrected chi connectivity index (χ0v) is 10.1. The van der Waals surface area contributed by atoms with Gasteiger partial charge in [-0.15, -0.1) is 0 Å². The number of hydrogen-bond donors (Lipinski definition) is 1. The van der Waals surface area contributed by atoms with Crippen LogP contribution in [0.25, 0.3) is 0 Å². The van der Waals surface area contributed by atoms with Crippen molar-refractivity contribution < 1.29 is 9.90 Å². The van der Waals surface area contributed by atoms with E-state index in [-0.39, 0.29) is 12.5 Å². The topological polar surface area (TPSA) is 40.5 Å². The fourth-order valence-electron chi connectivity index (χ4n) is 2.53. The average Bonchev–Trinajstić information content (AvgIpc) is 2.15. The quantitative estimate of drug-likeness (QED) is 0.779. The van der Waals surface area contributed by atoms with Crippen molar-refractivity contribution in [3.63, 3.8) is 0 Å². The highest BCUT2D eigenvalue weighted by molar-refractivity contribution is 5.67. The molecule has 3 nitrogen and oxygen atoms in total. The molecule has 1 N–H and O–H groups in total. The SMILES string of the molecule is CC1CCCC(N(C)C(C)CC(=O)O)C1. The summed E-state index contributed by atoms with van der Waals surface area (Å²) in [6.07, 6.45) is 5.32. The van der Waals surface area contributed by atoms with Crippen LogP contribution in [-0.2, 0) is 4.79 Å². The van der Waals surface area contributed by atoms with Crippen molar-refractivity contribution in [2.75, 3.05) is 7.05 Å². The Morgan fingerprint density at radius 3 is 2.73 bits per heavy atom. The summed E-state index contributed by atoms with van der Waals surface area (Å²) in [6.45, 7) is 4.30. The third-order valence-corrected chi connectivity index (χ3v) is 3.65. The normalized spacial score (nSPS) is 29.1. The molecular formula is C12H23NO2. The highest BCUT2D eigenvalue weighted by atomic mass is 16.4. The van der Waals surface area contributed by atoms with Crippen LogP contribution in [-0.4, -0.2) is 35.1 Å². The van der Waals surface area contributed by atoms with Crippen LogP contribution < -0.4 is 0 Å². The van der Waals surface area contributed by atoms with Crippen molar-refractivity contribution >= 4 is 5.97 Å². The van der Waals surface area contributed by atoms with E-state index in [1.54, 1.807) is 0 Å². The van der Waals surface area contributed by atoms with Gasteiger partial charge in [-0.1, -0.05) is 19.8 Å². The Morgan fingerprint density at radius 1 is 1.53 bits per heavy atom. The van der Waals surface area contributed by atoms with Gasteiger partial charge in [-0.05, 0) is 32.7 Å². The van der Waals surface area contributed by atoms with E-state index in [4.69, 9.17) is 5.11 Å². The number of nitrogens with zero attached hydrogens (tertiary/aromatic N) is 1. The Morgan fingerprint density at radius 2 is 2.20 bits per heavy atom. The molecule has 1 rings (SSSR count). The van der Waals surface area contributed by atoms with Crippen molar-refractivity contribution in [2.24, 2.45) is 5.92 Å². The maximum atomic E-state index is 10.6. The zero-order chi connectivity index (χ0) is 11.4. The minimum atomic E-state index is -0.696. The van der Waals surface area contributed by atoms with E-state index in [2.05, 4.69) is 18.9 Å². The molecule has 3 heteroatoms. The summed E-state index contributed by atoms with van der Waals surface area (Å²) in [7, 11) is 2.07. The summed E-state index contributed by atoms with van der Waals surface area (Å²) in [6, 6.07) is 0.737. The average molecular weight is 213 g/mol. The molecular weight excluding hydrogens is 190 g/mol. The standard InChI is InChI=1S/C12H23NO2/c1-9-5-4-6-11(7-9)13(3)10(2)8-12(14)15/h9-11H,4-8H2,1-3H3,(H,14,15). The summed E-state index contributed by atoms with van der Waals surface area (Å²) < 4.78 is 0. The Bertz CT molecular complexity index is 218. The van der Waals surface area contributed by atoms with E-state index in [1.807, 2.05) is 6.92 Å². The fourth-order valence-corrected chi connectivity index (χ4v) is 2.53. The van der Waals surface area contributed by atoms with Crippen LogP contribution in [0.15, 0.2) is 0 Å². The molecule has 1 saturated carbocycles. The molecule has 0 saturated heterocycles. The highest BCUT2D eigenvalue weighted by Crippen LogP contribution is 2.27. The Labute approximate surface area is 92.5 Å². The second kappa shape index (κ2) is 5.50. The highest BCUT2D eigenvalue weighted by Gasteiger charge is 2.25. The lowest BCUT2D eigenvalue weighted by Crippen LogP contribution is -2.42. The van der Waals surface area contributed by atoms with Crippen LogP contribution in [0.2, 0.25) is 0 Å². The van der Waals surface area contributed by atoms with Crippen LogP contribution in [0.3, 0.4) is 0 Å². The minimum absolute atomic E-state index is 0.151. The van der Waals surface area contributed by atoms with Gasteiger partial charge in [0.2, 0.25) is 0 Å². The van der Waals surface area contributed by atoms with Crippen molar-refractivity contribution in [1.29, 1.82) is 0 Å². The zero-order valence-electron chi connectivity index (χ0n) is 10.1. The maximum Gasteiger partial charge on any atom is 0.304 e. The second-order valence-electron chi connectivity index (χ2n) is 5.04. The predicted molar refractivity (Wildman–Crippen MR) is 60.9 cm³/mol. The van der Waals surface area contributed by atoms with Crippen LogP contribution >= 0.6 is 0 Å². The van der Waals surface area contributed by atoms with Crippen molar-refractivity contribution in [2.45, 2.75) is 58.0 Å². The van der Waals surface area contributed by atoms with Gasteiger partial charge in [0.05, 0.1) is 6.42 Å². The van der Waals surface area contributed by atoms with Gasteiger partial charge in [0.1, 0.15) is 0 Å². The predicted octanol–water partition coefficient (Wildman–Crippen LogP) is 2.36. The van der Waals surface area contributed by atoms with Gasteiger partial charge < -0.3 is 10.0 Å². The summed E-state index contributed by atoms with van der Waals surface area (Å²) in [5.41, 5.74) is 0. The van der Waals surface area contributed by atoms with Gasteiger partial charge in [-0.25, -0.2) is 0 Å². The fraction of sp³-hybridized carbons (Fsp3) is 0.917. The lowest BCUT2D eigenvalue weighted by atomic mass is 9.86. The Kier molecular flexibility index (Phi) is 4.58. The molecule has 0 spiro atoms.